The third kappa shape index (κ3) is 2.31. The molecule has 1 fully saturated rings. The summed E-state index contributed by atoms with van der Waals surface area (Å²) in [5, 5.41) is 0. The first-order chi connectivity index (χ1) is 6.56. The topological polar surface area (TPSA) is 71.5 Å². The van der Waals surface area contributed by atoms with E-state index in [9.17, 15) is 18.0 Å². The van der Waals surface area contributed by atoms with Crippen molar-refractivity contribution < 1.29 is 18.0 Å². The summed E-state index contributed by atoms with van der Waals surface area (Å²) in [6.07, 6.45) is 0.426. The normalized spacial score (nSPS) is 22.4. The van der Waals surface area contributed by atoms with Gasteiger partial charge in [-0.25, -0.2) is 8.42 Å². The van der Waals surface area contributed by atoms with Gasteiger partial charge in [-0.2, -0.15) is 0 Å². The van der Waals surface area contributed by atoms with Gasteiger partial charge in [0.15, 0.2) is 0 Å². The van der Waals surface area contributed by atoms with E-state index in [0.29, 0.717) is 6.54 Å². The fraction of sp³-hybridized carbons (Fsp3) is 0.750. The summed E-state index contributed by atoms with van der Waals surface area (Å²) in [4.78, 5) is 23.9. The third-order valence-corrected chi connectivity index (χ3v) is 2.94. The van der Waals surface area contributed by atoms with Crippen LogP contribution in [0.4, 0.5) is 0 Å². The molecule has 0 radical (unpaired) electrons. The quantitative estimate of drug-likeness (QED) is 0.505. The lowest BCUT2D eigenvalue weighted by atomic mass is 10.1. The number of rotatable bonds is 4. The SMILES string of the molecule is CCN1C(=O)CC(CC[SH](=O)=O)C1=O. The van der Waals surface area contributed by atoms with E-state index in [1.807, 2.05) is 0 Å². The Balaban J connectivity index is 2.57. The van der Waals surface area contributed by atoms with Crippen molar-refractivity contribution in [3.05, 3.63) is 0 Å². The van der Waals surface area contributed by atoms with E-state index < -0.39 is 16.6 Å². The van der Waals surface area contributed by atoms with Gasteiger partial charge in [-0.1, -0.05) is 0 Å². The average Bonchev–Trinajstić information content (AvgIpc) is 2.38. The molecule has 0 spiro atoms. The van der Waals surface area contributed by atoms with Crippen LogP contribution in [0.3, 0.4) is 0 Å². The molecular formula is C8H13NO4S. The molecule has 0 aromatic carbocycles. The van der Waals surface area contributed by atoms with Crippen molar-refractivity contribution in [2.75, 3.05) is 12.3 Å². The number of carbonyl (C=O) groups is 2. The van der Waals surface area contributed by atoms with Crippen LogP contribution < -0.4 is 0 Å². The zero-order chi connectivity index (χ0) is 10.7. The van der Waals surface area contributed by atoms with Gasteiger partial charge in [0.1, 0.15) is 10.7 Å². The first-order valence-corrected chi connectivity index (χ1v) is 5.88. The summed E-state index contributed by atoms with van der Waals surface area (Å²) >= 11 is 0. The van der Waals surface area contributed by atoms with Crippen LogP contribution in [0.5, 0.6) is 0 Å². The first kappa shape index (κ1) is 11.2. The van der Waals surface area contributed by atoms with Crippen LogP contribution >= 0.6 is 0 Å². The molecule has 0 bridgehead atoms. The standard InChI is InChI=1S/C8H13NO4S/c1-2-9-7(10)5-6(8(9)11)3-4-14(12)13/h6,14H,2-5H2,1H3. The van der Waals surface area contributed by atoms with E-state index in [-0.39, 0.29) is 30.4 Å². The van der Waals surface area contributed by atoms with Crippen LogP contribution in [0.25, 0.3) is 0 Å². The summed E-state index contributed by atoms with van der Waals surface area (Å²) in [6.45, 7) is 2.10. The molecule has 1 atom stereocenters. The lowest BCUT2D eigenvalue weighted by molar-refractivity contribution is -0.139. The minimum Gasteiger partial charge on any atom is -0.283 e. The zero-order valence-electron chi connectivity index (χ0n) is 7.93. The van der Waals surface area contributed by atoms with E-state index in [4.69, 9.17) is 0 Å². The number of hydrogen-bond donors (Lipinski definition) is 1. The van der Waals surface area contributed by atoms with Crippen molar-refractivity contribution in [3.63, 3.8) is 0 Å². The van der Waals surface area contributed by atoms with Crippen molar-refractivity contribution in [1.29, 1.82) is 0 Å². The van der Waals surface area contributed by atoms with Crippen LogP contribution in [-0.4, -0.2) is 37.4 Å². The Labute approximate surface area is 84.0 Å². The molecule has 0 saturated carbocycles. The highest BCUT2D eigenvalue weighted by Gasteiger charge is 2.36. The Hall–Kier alpha value is -0.910. The van der Waals surface area contributed by atoms with E-state index in [1.165, 1.54) is 4.90 Å². The second-order valence-corrected chi connectivity index (χ2v) is 4.33. The molecule has 0 aromatic heterocycles. The van der Waals surface area contributed by atoms with Gasteiger partial charge in [0.05, 0.1) is 0 Å². The summed E-state index contributed by atoms with van der Waals surface area (Å²) in [6, 6.07) is 0. The highest BCUT2D eigenvalue weighted by Crippen LogP contribution is 2.21. The predicted octanol–water partition coefficient (Wildman–Crippen LogP) is -0.617. The van der Waals surface area contributed by atoms with Crippen molar-refractivity contribution in [2.45, 2.75) is 19.8 Å². The maximum atomic E-state index is 11.5. The first-order valence-electron chi connectivity index (χ1n) is 4.52. The van der Waals surface area contributed by atoms with Crippen LogP contribution in [-0.2, 0) is 20.3 Å². The molecule has 2 amide bonds. The predicted molar refractivity (Wildman–Crippen MR) is 50.3 cm³/mol. The molecule has 1 unspecified atom stereocenters. The minimum atomic E-state index is -2.45. The molecule has 0 aromatic rings. The van der Waals surface area contributed by atoms with Crippen molar-refractivity contribution >= 4 is 22.5 Å². The van der Waals surface area contributed by atoms with E-state index in [1.54, 1.807) is 6.92 Å². The molecule has 0 N–H and O–H groups in total. The Morgan fingerprint density at radius 1 is 1.43 bits per heavy atom. The van der Waals surface area contributed by atoms with Gasteiger partial charge in [0.25, 0.3) is 0 Å². The summed E-state index contributed by atoms with van der Waals surface area (Å²) < 4.78 is 20.6. The number of imide groups is 1. The Morgan fingerprint density at radius 2 is 2.07 bits per heavy atom. The van der Waals surface area contributed by atoms with Gasteiger partial charge in [-0.15, -0.1) is 0 Å². The fourth-order valence-electron chi connectivity index (χ4n) is 1.57. The van der Waals surface area contributed by atoms with Gasteiger partial charge in [-0.3, -0.25) is 14.5 Å². The minimum absolute atomic E-state index is 0.0173. The lowest BCUT2D eigenvalue weighted by Gasteiger charge is -2.10. The Morgan fingerprint density at radius 3 is 2.50 bits per heavy atom. The van der Waals surface area contributed by atoms with E-state index in [2.05, 4.69) is 0 Å². The molecular weight excluding hydrogens is 206 g/mol. The van der Waals surface area contributed by atoms with Crippen molar-refractivity contribution in [2.24, 2.45) is 5.92 Å². The number of thiol groups is 1. The van der Waals surface area contributed by atoms with Gasteiger partial charge in [0, 0.05) is 24.6 Å². The largest absolute Gasteiger partial charge is 0.283 e. The second kappa shape index (κ2) is 4.54. The smallest absolute Gasteiger partial charge is 0.232 e. The fourth-order valence-corrected chi connectivity index (χ4v) is 2.09. The zero-order valence-corrected chi connectivity index (χ0v) is 8.83. The van der Waals surface area contributed by atoms with Crippen molar-refractivity contribution in [3.8, 4) is 0 Å². The van der Waals surface area contributed by atoms with Crippen LogP contribution in [0.15, 0.2) is 0 Å². The van der Waals surface area contributed by atoms with Crippen LogP contribution in [0.1, 0.15) is 19.8 Å². The summed E-state index contributed by atoms with van der Waals surface area (Å²) in [7, 11) is -2.45. The lowest BCUT2D eigenvalue weighted by Crippen LogP contribution is -2.30. The molecule has 1 saturated heterocycles. The van der Waals surface area contributed by atoms with Crippen LogP contribution in [0.2, 0.25) is 0 Å². The number of likely N-dealkylation sites (tertiary alicyclic amines) is 1. The molecule has 6 heteroatoms. The molecule has 0 aliphatic carbocycles. The van der Waals surface area contributed by atoms with E-state index >= 15 is 0 Å². The molecule has 14 heavy (non-hydrogen) atoms. The summed E-state index contributed by atoms with van der Waals surface area (Å²) in [5.41, 5.74) is 0. The highest BCUT2D eigenvalue weighted by atomic mass is 32.2. The maximum Gasteiger partial charge on any atom is 0.232 e. The van der Waals surface area contributed by atoms with Gasteiger partial charge in [-0.05, 0) is 13.3 Å². The van der Waals surface area contributed by atoms with Gasteiger partial charge >= 0.3 is 0 Å². The molecule has 1 aliphatic rings. The molecule has 1 rings (SSSR count). The Bertz CT molecular complexity index is 315. The highest BCUT2D eigenvalue weighted by molar-refractivity contribution is 7.72. The van der Waals surface area contributed by atoms with Crippen LogP contribution in [0, 0.1) is 5.92 Å². The monoisotopic (exact) mass is 219 g/mol. The van der Waals surface area contributed by atoms with Gasteiger partial charge in [0.2, 0.25) is 11.8 Å². The Kier molecular flexibility index (Phi) is 3.62. The number of hydrogen-bond acceptors (Lipinski definition) is 4. The third-order valence-electron chi connectivity index (χ3n) is 2.31. The molecule has 80 valence electrons. The van der Waals surface area contributed by atoms with Gasteiger partial charge < -0.3 is 0 Å². The van der Waals surface area contributed by atoms with Crippen molar-refractivity contribution in [1.82, 2.24) is 4.90 Å². The van der Waals surface area contributed by atoms with E-state index in [0.717, 1.165) is 0 Å². The second-order valence-electron chi connectivity index (χ2n) is 3.22. The maximum absolute atomic E-state index is 11.5. The summed E-state index contributed by atoms with van der Waals surface area (Å²) in [5.74, 6) is -0.857. The number of carbonyl (C=O) groups excluding carboxylic acids is 2. The average molecular weight is 219 g/mol. The number of amides is 2. The molecule has 5 nitrogen and oxygen atoms in total. The molecule has 1 heterocycles. The number of nitrogens with zero attached hydrogens (tertiary/aromatic N) is 1. The molecule has 1 aliphatic heterocycles.